The molecule has 0 amide bonds. The molecule has 0 aliphatic carbocycles. The molecule has 1 rings (SSSR count). The molecule has 2 atom stereocenters. The molecule has 1 aromatic heterocycles. The van der Waals surface area contributed by atoms with Gasteiger partial charge in [0.25, 0.3) is 0 Å². The van der Waals surface area contributed by atoms with Crippen LogP contribution in [0.2, 0.25) is 0 Å². The average Bonchev–Trinajstić information content (AvgIpc) is 2.78. The fourth-order valence-electron chi connectivity index (χ4n) is 1.79. The molecule has 0 fully saturated rings. The quantitative estimate of drug-likeness (QED) is 0.546. The summed E-state index contributed by atoms with van der Waals surface area (Å²) >= 11 is 0. The molecule has 4 N–H and O–H groups in total. The Morgan fingerprint density at radius 1 is 1.32 bits per heavy atom. The van der Waals surface area contributed by atoms with Crippen LogP contribution in [-0.4, -0.2) is 44.2 Å². The van der Waals surface area contributed by atoms with E-state index < -0.39 is 24.0 Å². The van der Waals surface area contributed by atoms with Gasteiger partial charge in [0.1, 0.15) is 12.1 Å². The Morgan fingerprint density at radius 2 is 1.95 bits per heavy atom. The molecule has 0 radical (unpaired) electrons. The smallest absolute Gasteiger partial charge is 0.321 e. The van der Waals surface area contributed by atoms with E-state index in [-0.39, 0.29) is 12.3 Å². The molecule has 0 aliphatic heterocycles. The second-order valence-electron chi connectivity index (χ2n) is 4.86. The second-order valence-corrected chi connectivity index (χ2v) is 4.86. The van der Waals surface area contributed by atoms with Gasteiger partial charge in [-0.25, -0.2) is 4.98 Å². The maximum absolute atomic E-state index is 11.2. The first-order chi connectivity index (χ1) is 8.90. The Balaban J connectivity index is 2.70. The minimum atomic E-state index is -1.08. The van der Waals surface area contributed by atoms with Gasteiger partial charge in [0.15, 0.2) is 0 Å². The SMILES string of the molecule is CC(C)CC(N[C@@H](Cc1cnc[nH]1)C(=O)O)C(=O)O. The maximum Gasteiger partial charge on any atom is 0.321 e. The molecule has 0 bridgehead atoms. The van der Waals surface area contributed by atoms with E-state index in [9.17, 15) is 9.59 Å². The lowest BCUT2D eigenvalue weighted by Crippen LogP contribution is -2.48. The lowest BCUT2D eigenvalue weighted by atomic mass is 10.0. The van der Waals surface area contributed by atoms with E-state index in [1.165, 1.54) is 12.5 Å². The van der Waals surface area contributed by atoms with Crippen LogP contribution in [0, 0.1) is 5.92 Å². The number of aromatic amines is 1. The third-order valence-corrected chi connectivity index (χ3v) is 2.68. The van der Waals surface area contributed by atoms with Crippen molar-refractivity contribution >= 4 is 11.9 Å². The summed E-state index contributed by atoms with van der Waals surface area (Å²) < 4.78 is 0. The Hall–Kier alpha value is -1.89. The molecule has 0 saturated carbocycles. The van der Waals surface area contributed by atoms with Crippen molar-refractivity contribution in [1.82, 2.24) is 15.3 Å². The highest BCUT2D eigenvalue weighted by Gasteiger charge is 2.26. The van der Waals surface area contributed by atoms with E-state index in [1.807, 2.05) is 13.8 Å². The highest BCUT2D eigenvalue weighted by molar-refractivity contribution is 5.77. The van der Waals surface area contributed by atoms with Crippen molar-refractivity contribution in [3.8, 4) is 0 Å². The van der Waals surface area contributed by atoms with E-state index >= 15 is 0 Å². The summed E-state index contributed by atoms with van der Waals surface area (Å²) in [6, 6.07) is -1.83. The van der Waals surface area contributed by atoms with Crippen LogP contribution in [0.25, 0.3) is 0 Å². The molecule has 0 aliphatic rings. The molecule has 1 unspecified atom stereocenters. The van der Waals surface area contributed by atoms with Gasteiger partial charge in [-0.1, -0.05) is 13.8 Å². The summed E-state index contributed by atoms with van der Waals surface area (Å²) in [5.41, 5.74) is 0.647. The van der Waals surface area contributed by atoms with Crippen molar-refractivity contribution in [1.29, 1.82) is 0 Å². The van der Waals surface area contributed by atoms with E-state index in [1.54, 1.807) is 0 Å². The predicted molar refractivity (Wildman–Crippen MR) is 67.7 cm³/mol. The van der Waals surface area contributed by atoms with Crippen molar-refractivity contribution in [3.63, 3.8) is 0 Å². The van der Waals surface area contributed by atoms with Gasteiger partial charge in [0, 0.05) is 18.3 Å². The van der Waals surface area contributed by atoms with E-state index in [0.29, 0.717) is 12.1 Å². The average molecular weight is 269 g/mol. The number of H-pyrrole nitrogens is 1. The van der Waals surface area contributed by atoms with Crippen LogP contribution in [0.15, 0.2) is 12.5 Å². The van der Waals surface area contributed by atoms with E-state index in [4.69, 9.17) is 10.2 Å². The second kappa shape index (κ2) is 6.89. The topological polar surface area (TPSA) is 115 Å². The van der Waals surface area contributed by atoms with Gasteiger partial charge >= 0.3 is 11.9 Å². The standard InChI is InChI=1S/C12H19N3O4/c1-7(2)3-9(11(16)17)15-10(12(18)19)4-8-5-13-6-14-8/h5-7,9-10,15H,3-4H2,1-2H3,(H,13,14)(H,16,17)(H,18,19)/t9?,10-/m0/s1. The Bertz CT molecular complexity index is 417. The fraction of sp³-hybridized carbons (Fsp3) is 0.583. The molecule has 7 heteroatoms. The van der Waals surface area contributed by atoms with Crippen molar-refractivity contribution in [2.75, 3.05) is 0 Å². The van der Waals surface area contributed by atoms with Gasteiger partial charge in [-0.15, -0.1) is 0 Å². The number of nitrogens with zero attached hydrogens (tertiary/aromatic N) is 1. The zero-order valence-corrected chi connectivity index (χ0v) is 11.0. The number of hydrogen-bond acceptors (Lipinski definition) is 4. The van der Waals surface area contributed by atoms with E-state index in [2.05, 4.69) is 15.3 Å². The summed E-state index contributed by atoms with van der Waals surface area (Å²) in [6.07, 6.45) is 3.52. The molecule has 1 heterocycles. The number of rotatable bonds is 8. The molecule has 0 spiro atoms. The first-order valence-electron chi connectivity index (χ1n) is 6.09. The number of carboxylic acid groups (broad SMARTS) is 2. The number of carboxylic acids is 2. The van der Waals surface area contributed by atoms with Crippen LogP contribution < -0.4 is 5.32 Å². The number of imidazole rings is 1. The summed E-state index contributed by atoms with van der Waals surface area (Å²) in [5.74, 6) is -1.95. The zero-order valence-electron chi connectivity index (χ0n) is 11.0. The van der Waals surface area contributed by atoms with Crippen LogP contribution in [0.4, 0.5) is 0 Å². The van der Waals surface area contributed by atoms with Gasteiger partial charge < -0.3 is 15.2 Å². The predicted octanol–water partition coefficient (Wildman–Crippen LogP) is 0.494. The molecule has 19 heavy (non-hydrogen) atoms. The summed E-state index contributed by atoms with van der Waals surface area (Å²) in [6.45, 7) is 3.78. The highest BCUT2D eigenvalue weighted by Crippen LogP contribution is 2.08. The number of aromatic nitrogens is 2. The number of nitrogens with one attached hydrogen (secondary N) is 2. The minimum Gasteiger partial charge on any atom is -0.480 e. The first kappa shape index (κ1) is 15.2. The lowest BCUT2D eigenvalue weighted by Gasteiger charge is -2.21. The van der Waals surface area contributed by atoms with Gasteiger partial charge in [-0.2, -0.15) is 0 Å². The molecule has 0 aromatic carbocycles. The largest absolute Gasteiger partial charge is 0.480 e. The fourth-order valence-corrected chi connectivity index (χ4v) is 1.79. The summed E-state index contributed by atoms with van der Waals surface area (Å²) in [5, 5.41) is 20.9. The summed E-state index contributed by atoms with van der Waals surface area (Å²) in [7, 11) is 0. The van der Waals surface area contributed by atoms with Gasteiger partial charge in [0.2, 0.25) is 0 Å². The van der Waals surface area contributed by atoms with E-state index in [0.717, 1.165) is 0 Å². The molecule has 106 valence electrons. The van der Waals surface area contributed by atoms with Crippen molar-refractivity contribution in [2.24, 2.45) is 5.92 Å². The molecular weight excluding hydrogens is 250 g/mol. The normalized spacial score (nSPS) is 14.3. The maximum atomic E-state index is 11.2. The third kappa shape index (κ3) is 5.09. The Labute approximate surface area is 111 Å². The highest BCUT2D eigenvalue weighted by atomic mass is 16.4. The number of hydrogen-bond donors (Lipinski definition) is 4. The molecule has 1 aromatic rings. The van der Waals surface area contributed by atoms with Gasteiger partial charge in [-0.3, -0.25) is 14.9 Å². The van der Waals surface area contributed by atoms with Crippen LogP contribution in [-0.2, 0) is 16.0 Å². The molecule has 0 saturated heterocycles. The summed E-state index contributed by atoms with van der Waals surface area (Å²) in [4.78, 5) is 28.9. The molecular formula is C12H19N3O4. The van der Waals surface area contributed by atoms with Crippen molar-refractivity contribution in [3.05, 3.63) is 18.2 Å². The van der Waals surface area contributed by atoms with Crippen LogP contribution in [0.3, 0.4) is 0 Å². The minimum absolute atomic E-state index is 0.162. The van der Waals surface area contributed by atoms with Gasteiger partial charge in [0.05, 0.1) is 6.33 Å². The third-order valence-electron chi connectivity index (χ3n) is 2.68. The zero-order chi connectivity index (χ0) is 14.4. The molecule has 7 nitrogen and oxygen atoms in total. The van der Waals surface area contributed by atoms with Crippen LogP contribution in [0.5, 0.6) is 0 Å². The Kier molecular flexibility index (Phi) is 5.50. The van der Waals surface area contributed by atoms with Crippen molar-refractivity contribution < 1.29 is 19.8 Å². The lowest BCUT2D eigenvalue weighted by molar-refractivity contribution is -0.142. The Morgan fingerprint density at radius 3 is 2.37 bits per heavy atom. The number of carbonyl (C=O) groups is 2. The van der Waals surface area contributed by atoms with Crippen LogP contribution in [0.1, 0.15) is 26.0 Å². The van der Waals surface area contributed by atoms with Gasteiger partial charge in [-0.05, 0) is 12.3 Å². The number of aliphatic carboxylic acids is 2. The monoisotopic (exact) mass is 269 g/mol. The first-order valence-corrected chi connectivity index (χ1v) is 6.09. The van der Waals surface area contributed by atoms with Crippen molar-refractivity contribution in [2.45, 2.75) is 38.8 Å². The van der Waals surface area contributed by atoms with Crippen LogP contribution >= 0.6 is 0 Å².